The van der Waals surface area contributed by atoms with E-state index in [0.717, 1.165) is 31.6 Å². The molecule has 0 unspecified atom stereocenters. The highest BCUT2D eigenvalue weighted by Gasteiger charge is 2.27. The van der Waals surface area contributed by atoms with E-state index in [1.54, 1.807) is 13.0 Å². The van der Waals surface area contributed by atoms with Gasteiger partial charge in [0.25, 0.3) is 0 Å². The third-order valence-corrected chi connectivity index (χ3v) is 3.85. The lowest BCUT2D eigenvalue weighted by Gasteiger charge is -2.33. The van der Waals surface area contributed by atoms with Crippen LogP contribution >= 0.6 is 0 Å². The van der Waals surface area contributed by atoms with Gasteiger partial charge in [-0.3, -0.25) is 4.79 Å². The summed E-state index contributed by atoms with van der Waals surface area (Å²) in [4.78, 5) is 26.0. The topological polar surface area (TPSA) is 55.8 Å². The quantitative estimate of drug-likeness (QED) is 0.783. The average Bonchev–Trinajstić information content (AvgIpc) is 2.55. The number of piperidine rings is 1. The van der Waals surface area contributed by atoms with E-state index >= 15 is 0 Å². The number of para-hydroxylation sites is 1. The molecule has 120 valence electrons. The van der Waals surface area contributed by atoms with Crippen LogP contribution in [0.5, 0.6) is 0 Å². The molecule has 0 aromatic heterocycles. The summed E-state index contributed by atoms with van der Waals surface area (Å²) in [5, 5.41) is 0. The van der Waals surface area contributed by atoms with Crippen LogP contribution in [0.25, 0.3) is 0 Å². The van der Waals surface area contributed by atoms with E-state index in [2.05, 4.69) is 4.90 Å². The zero-order valence-corrected chi connectivity index (χ0v) is 13.2. The zero-order valence-electron chi connectivity index (χ0n) is 13.2. The molecule has 0 radical (unpaired) electrons. The van der Waals surface area contributed by atoms with Crippen molar-refractivity contribution < 1.29 is 19.1 Å². The minimum absolute atomic E-state index is 0.0362. The zero-order chi connectivity index (χ0) is 15.9. The molecule has 0 aliphatic carbocycles. The van der Waals surface area contributed by atoms with Gasteiger partial charge < -0.3 is 14.4 Å². The minimum Gasteiger partial charge on any atom is -0.466 e. The van der Waals surface area contributed by atoms with E-state index in [1.165, 1.54) is 0 Å². The second-order valence-electron chi connectivity index (χ2n) is 5.25. The summed E-state index contributed by atoms with van der Waals surface area (Å²) in [6, 6.07) is 7.46. The maximum Gasteiger partial charge on any atom is 0.340 e. The van der Waals surface area contributed by atoms with Gasteiger partial charge in [0, 0.05) is 13.1 Å². The Morgan fingerprint density at radius 1 is 1.09 bits per heavy atom. The molecule has 0 N–H and O–H groups in total. The van der Waals surface area contributed by atoms with Crippen LogP contribution in [0.1, 0.15) is 37.0 Å². The van der Waals surface area contributed by atoms with Gasteiger partial charge in [0.15, 0.2) is 0 Å². The van der Waals surface area contributed by atoms with Crippen molar-refractivity contribution in [2.75, 3.05) is 31.2 Å². The fourth-order valence-electron chi connectivity index (χ4n) is 2.75. The van der Waals surface area contributed by atoms with E-state index < -0.39 is 0 Å². The molecule has 1 aliphatic rings. The third-order valence-electron chi connectivity index (χ3n) is 3.85. The van der Waals surface area contributed by atoms with E-state index in [0.29, 0.717) is 18.8 Å². The maximum absolute atomic E-state index is 12.0. The molecule has 1 aromatic rings. The Bertz CT molecular complexity index is 521. The number of nitrogens with zero attached hydrogens (tertiary/aromatic N) is 1. The van der Waals surface area contributed by atoms with Crippen molar-refractivity contribution in [2.45, 2.75) is 26.7 Å². The van der Waals surface area contributed by atoms with Gasteiger partial charge >= 0.3 is 11.9 Å². The second kappa shape index (κ2) is 7.82. The lowest BCUT2D eigenvalue weighted by molar-refractivity contribution is -0.148. The first-order valence-electron chi connectivity index (χ1n) is 7.85. The summed E-state index contributed by atoms with van der Waals surface area (Å²) in [5.41, 5.74) is 1.46. The molecule has 5 nitrogen and oxygen atoms in total. The molecule has 1 fully saturated rings. The van der Waals surface area contributed by atoms with Gasteiger partial charge in [-0.05, 0) is 38.8 Å². The Morgan fingerprint density at radius 3 is 2.36 bits per heavy atom. The summed E-state index contributed by atoms with van der Waals surface area (Å²) in [6.45, 7) is 5.87. The van der Waals surface area contributed by atoms with Crippen molar-refractivity contribution in [1.82, 2.24) is 0 Å². The largest absolute Gasteiger partial charge is 0.466 e. The van der Waals surface area contributed by atoms with Crippen molar-refractivity contribution in [1.29, 1.82) is 0 Å². The van der Waals surface area contributed by atoms with Crippen LogP contribution in [-0.2, 0) is 14.3 Å². The first-order chi connectivity index (χ1) is 10.7. The molecule has 0 spiro atoms. The van der Waals surface area contributed by atoms with Crippen LogP contribution in [0.3, 0.4) is 0 Å². The van der Waals surface area contributed by atoms with Gasteiger partial charge in [-0.1, -0.05) is 12.1 Å². The monoisotopic (exact) mass is 305 g/mol. The van der Waals surface area contributed by atoms with Crippen LogP contribution in [0.2, 0.25) is 0 Å². The summed E-state index contributed by atoms with van der Waals surface area (Å²) < 4.78 is 10.2. The summed E-state index contributed by atoms with van der Waals surface area (Å²) in [5.74, 6) is -0.447. The summed E-state index contributed by atoms with van der Waals surface area (Å²) in [7, 11) is 0. The molecule has 1 heterocycles. The van der Waals surface area contributed by atoms with Crippen LogP contribution in [0.15, 0.2) is 24.3 Å². The molecule has 0 atom stereocenters. The van der Waals surface area contributed by atoms with Crippen molar-refractivity contribution in [2.24, 2.45) is 5.92 Å². The molecule has 0 saturated carbocycles. The number of anilines is 1. The van der Waals surface area contributed by atoms with Gasteiger partial charge in [-0.2, -0.15) is 0 Å². The molecular formula is C17H23NO4. The van der Waals surface area contributed by atoms with Crippen molar-refractivity contribution >= 4 is 17.6 Å². The fraction of sp³-hybridized carbons (Fsp3) is 0.529. The normalized spacial score (nSPS) is 15.5. The molecular weight excluding hydrogens is 282 g/mol. The Balaban J connectivity index is 2.05. The number of hydrogen-bond donors (Lipinski definition) is 0. The Kier molecular flexibility index (Phi) is 5.81. The number of ether oxygens (including phenoxy) is 2. The van der Waals surface area contributed by atoms with Crippen LogP contribution in [0, 0.1) is 5.92 Å². The molecule has 0 bridgehead atoms. The predicted octanol–water partition coefficient (Wildman–Crippen LogP) is 2.64. The van der Waals surface area contributed by atoms with Crippen molar-refractivity contribution in [3.05, 3.63) is 29.8 Å². The van der Waals surface area contributed by atoms with Gasteiger partial charge in [-0.25, -0.2) is 4.79 Å². The SMILES string of the molecule is CCOC(=O)c1ccccc1N1CCC(C(=O)OCC)CC1. The number of esters is 2. The van der Waals surface area contributed by atoms with E-state index in [-0.39, 0.29) is 17.9 Å². The Morgan fingerprint density at radius 2 is 1.73 bits per heavy atom. The highest BCUT2D eigenvalue weighted by atomic mass is 16.5. The van der Waals surface area contributed by atoms with Crippen LogP contribution < -0.4 is 4.90 Å². The van der Waals surface area contributed by atoms with Crippen LogP contribution in [-0.4, -0.2) is 38.2 Å². The summed E-state index contributed by atoms with van der Waals surface area (Å²) in [6.07, 6.45) is 1.49. The second-order valence-corrected chi connectivity index (χ2v) is 5.25. The molecule has 1 aliphatic heterocycles. The maximum atomic E-state index is 12.0. The predicted molar refractivity (Wildman–Crippen MR) is 84.0 cm³/mol. The molecule has 0 amide bonds. The van der Waals surface area contributed by atoms with Crippen LogP contribution in [0.4, 0.5) is 5.69 Å². The first kappa shape index (κ1) is 16.3. The molecule has 1 saturated heterocycles. The van der Waals surface area contributed by atoms with E-state index in [1.807, 2.05) is 25.1 Å². The number of rotatable bonds is 5. The van der Waals surface area contributed by atoms with E-state index in [9.17, 15) is 9.59 Å². The molecule has 22 heavy (non-hydrogen) atoms. The molecule has 2 rings (SSSR count). The standard InChI is InChI=1S/C17H23NO4/c1-3-21-16(19)13-9-11-18(12-10-13)15-8-6-5-7-14(15)17(20)22-4-2/h5-8,13H,3-4,9-12H2,1-2H3. The Labute approximate surface area is 131 Å². The fourth-order valence-corrected chi connectivity index (χ4v) is 2.75. The van der Waals surface area contributed by atoms with Gasteiger partial charge in [-0.15, -0.1) is 0 Å². The molecule has 1 aromatic carbocycles. The third kappa shape index (κ3) is 3.78. The lowest BCUT2D eigenvalue weighted by Crippen LogP contribution is -2.37. The Hall–Kier alpha value is -2.04. The number of hydrogen-bond acceptors (Lipinski definition) is 5. The van der Waals surface area contributed by atoms with Crippen molar-refractivity contribution in [3.8, 4) is 0 Å². The molecule has 5 heteroatoms. The highest BCUT2D eigenvalue weighted by Crippen LogP contribution is 2.27. The minimum atomic E-state index is -0.300. The average molecular weight is 305 g/mol. The first-order valence-corrected chi connectivity index (χ1v) is 7.85. The van der Waals surface area contributed by atoms with E-state index in [4.69, 9.17) is 9.47 Å². The van der Waals surface area contributed by atoms with Crippen molar-refractivity contribution in [3.63, 3.8) is 0 Å². The number of benzene rings is 1. The summed E-state index contributed by atoms with van der Waals surface area (Å²) >= 11 is 0. The van der Waals surface area contributed by atoms with Gasteiger partial charge in [0.1, 0.15) is 0 Å². The highest BCUT2D eigenvalue weighted by molar-refractivity contribution is 5.96. The number of carbonyl (C=O) groups excluding carboxylic acids is 2. The van der Waals surface area contributed by atoms with Gasteiger partial charge in [0.05, 0.1) is 30.4 Å². The van der Waals surface area contributed by atoms with Gasteiger partial charge in [0.2, 0.25) is 0 Å². The smallest absolute Gasteiger partial charge is 0.340 e. The lowest BCUT2D eigenvalue weighted by atomic mass is 9.96. The number of carbonyl (C=O) groups is 2.